The third-order valence-electron chi connectivity index (χ3n) is 5.17. The quantitative estimate of drug-likeness (QED) is 0.518. The van der Waals surface area contributed by atoms with E-state index in [4.69, 9.17) is 18.8 Å². The van der Waals surface area contributed by atoms with E-state index in [0.29, 0.717) is 17.1 Å². The van der Waals surface area contributed by atoms with Crippen LogP contribution in [0.25, 0.3) is 4.85 Å². The van der Waals surface area contributed by atoms with Gasteiger partial charge in [-0.15, -0.1) is 0 Å². The maximum Gasteiger partial charge on any atom is 0.259 e. The summed E-state index contributed by atoms with van der Waals surface area (Å²) in [7, 11) is 0. The van der Waals surface area contributed by atoms with Crippen LogP contribution in [0.15, 0.2) is 36.4 Å². The SMILES string of the molecule is [C-]#[N+]c1ccc(N2C(=O)C(C)(C)N(c3ccc(C(=O)NC(C)(C)C)c(F)c3)C2=S)cc1C. The molecule has 0 atom stereocenters. The van der Waals surface area contributed by atoms with Crippen molar-refractivity contribution in [3.8, 4) is 0 Å². The average Bonchev–Trinajstić information content (AvgIpc) is 2.84. The fourth-order valence-electron chi connectivity index (χ4n) is 3.60. The third-order valence-corrected chi connectivity index (χ3v) is 5.54. The first-order valence-corrected chi connectivity index (χ1v) is 10.5. The number of benzene rings is 2. The number of halogens is 1. The van der Waals surface area contributed by atoms with Crippen LogP contribution in [0.3, 0.4) is 0 Å². The van der Waals surface area contributed by atoms with Crippen LogP contribution in [0.2, 0.25) is 0 Å². The van der Waals surface area contributed by atoms with Gasteiger partial charge in [0.2, 0.25) is 0 Å². The van der Waals surface area contributed by atoms with E-state index in [2.05, 4.69) is 10.2 Å². The minimum Gasteiger partial charge on any atom is -0.347 e. The fraction of sp³-hybridized carbons (Fsp3) is 0.333. The molecule has 1 fully saturated rings. The summed E-state index contributed by atoms with van der Waals surface area (Å²) in [6, 6.07) is 9.24. The van der Waals surface area contributed by atoms with Crippen LogP contribution in [-0.4, -0.2) is 28.0 Å². The molecule has 32 heavy (non-hydrogen) atoms. The van der Waals surface area contributed by atoms with Crippen LogP contribution < -0.4 is 15.1 Å². The zero-order chi connectivity index (χ0) is 24.0. The maximum atomic E-state index is 14.9. The molecule has 2 aromatic rings. The van der Waals surface area contributed by atoms with Gasteiger partial charge in [-0.05, 0) is 89.7 Å². The summed E-state index contributed by atoms with van der Waals surface area (Å²) >= 11 is 5.62. The van der Waals surface area contributed by atoms with Crippen LogP contribution in [0.5, 0.6) is 0 Å². The Labute approximate surface area is 192 Å². The lowest BCUT2D eigenvalue weighted by Crippen LogP contribution is -2.44. The van der Waals surface area contributed by atoms with Crippen molar-refractivity contribution in [1.29, 1.82) is 0 Å². The summed E-state index contributed by atoms with van der Waals surface area (Å²) in [5.74, 6) is -1.49. The zero-order valence-corrected chi connectivity index (χ0v) is 19.7. The second kappa shape index (κ2) is 7.99. The number of anilines is 2. The van der Waals surface area contributed by atoms with Gasteiger partial charge in [-0.25, -0.2) is 9.24 Å². The van der Waals surface area contributed by atoms with Crippen LogP contribution in [0.1, 0.15) is 50.5 Å². The molecule has 0 bridgehead atoms. The van der Waals surface area contributed by atoms with Crippen molar-refractivity contribution in [1.82, 2.24) is 5.32 Å². The van der Waals surface area contributed by atoms with Gasteiger partial charge in [-0.1, -0.05) is 6.07 Å². The fourth-order valence-corrected chi connectivity index (χ4v) is 4.12. The second-order valence-electron chi connectivity index (χ2n) is 9.27. The van der Waals surface area contributed by atoms with E-state index in [9.17, 15) is 14.0 Å². The Balaban J connectivity index is 2.00. The van der Waals surface area contributed by atoms with E-state index in [-0.39, 0.29) is 16.6 Å². The second-order valence-corrected chi connectivity index (χ2v) is 9.63. The van der Waals surface area contributed by atoms with E-state index in [1.165, 1.54) is 17.0 Å². The monoisotopic (exact) mass is 452 g/mol. The topological polar surface area (TPSA) is 57.0 Å². The number of nitrogens with zero attached hydrogens (tertiary/aromatic N) is 3. The summed E-state index contributed by atoms with van der Waals surface area (Å²) in [5, 5.41) is 2.93. The molecule has 1 N–H and O–H groups in total. The molecule has 2 aromatic carbocycles. The number of aryl methyl sites for hydroxylation is 1. The number of carbonyl (C=O) groups excluding carboxylic acids is 2. The third kappa shape index (κ3) is 4.08. The smallest absolute Gasteiger partial charge is 0.259 e. The van der Waals surface area contributed by atoms with Crippen molar-refractivity contribution < 1.29 is 14.0 Å². The normalized spacial score (nSPS) is 15.7. The Bertz CT molecular complexity index is 1180. The van der Waals surface area contributed by atoms with Gasteiger partial charge in [0.1, 0.15) is 11.4 Å². The molecule has 0 aromatic heterocycles. The van der Waals surface area contributed by atoms with Crippen LogP contribution in [0.4, 0.5) is 21.5 Å². The molecule has 166 valence electrons. The van der Waals surface area contributed by atoms with E-state index in [0.717, 1.165) is 5.56 Å². The van der Waals surface area contributed by atoms with Crippen LogP contribution in [0, 0.1) is 19.3 Å². The summed E-state index contributed by atoms with van der Waals surface area (Å²) in [6.07, 6.45) is 0. The highest BCUT2D eigenvalue weighted by molar-refractivity contribution is 7.81. The first-order chi connectivity index (χ1) is 14.8. The summed E-state index contributed by atoms with van der Waals surface area (Å²) in [4.78, 5) is 32.1. The highest BCUT2D eigenvalue weighted by Gasteiger charge is 2.50. The molecule has 0 aliphatic carbocycles. The molecule has 1 heterocycles. The molecule has 1 aliphatic heterocycles. The van der Waals surface area contributed by atoms with Crippen molar-refractivity contribution in [3.63, 3.8) is 0 Å². The number of hydrogen-bond donors (Lipinski definition) is 1. The maximum absolute atomic E-state index is 14.9. The summed E-state index contributed by atoms with van der Waals surface area (Å²) in [5.41, 5.74) is 0.468. The summed E-state index contributed by atoms with van der Waals surface area (Å²) in [6.45, 7) is 17.9. The lowest BCUT2D eigenvalue weighted by atomic mass is 10.0. The van der Waals surface area contributed by atoms with E-state index < -0.39 is 22.8 Å². The van der Waals surface area contributed by atoms with E-state index in [1.807, 2.05) is 20.8 Å². The zero-order valence-electron chi connectivity index (χ0n) is 18.9. The van der Waals surface area contributed by atoms with Crippen molar-refractivity contribution in [2.24, 2.45) is 0 Å². The number of nitrogens with one attached hydrogen (secondary N) is 1. The minimum absolute atomic E-state index is 0.0832. The average molecular weight is 453 g/mol. The largest absolute Gasteiger partial charge is 0.347 e. The Morgan fingerprint density at radius 3 is 2.31 bits per heavy atom. The van der Waals surface area contributed by atoms with Crippen LogP contribution >= 0.6 is 12.2 Å². The molecule has 6 nitrogen and oxygen atoms in total. The van der Waals surface area contributed by atoms with Gasteiger partial charge < -0.3 is 10.2 Å². The lowest BCUT2D eigenvalue weighted by molar-refractivity contribution is -0.120. The number of hydrogen-bond acceptors (Lipinski definition) is 3. The van der Waals surface area contributed by atoms with Crippen molar-refractivity contribution in [2.75, 3.05) is 9.80 Å². The molecule has 3 rings (SSSR count). The number of thiocarbonyl (C=S) groups is 1. The minimum atomic E-state index is -1.08. The molecule has 0 spiro atoms. The van der Waals surface area contributed by atoms with Gasteiger partial charge in [0.15, 0.2) is 10.8 Å². The van der Waals surface area contributed by atoms with Gasteiger partial charge in [-0.3, -0.25) is 14.5 Å². The van der Waals surface area contributed by atoms with E-state index in [1.54, 1.807) is 49.9 Å². The van der Waals surface area contributed by atoms with Crippen molar-refractivity contribution in [3.05, 3.63) is 64.8 Å². The van der Waals surface area contributed by atoms with Gasteiger partial charge in [0.05, 0.1) is 12.1 Å². The van der Waals surface area contributed by atoms with Crippen LogP contribution in [-0.2, 0) is 4.79 Å². The Morgan fingerprint density at radius 1 is 1.16 bits per heavy atom. The Kier molecular flexibility index (Phi) is 5.83. The molecular weight excluding hydrogens is 427 g/mol. The predicted octanol–water partition coefficient (Wildman–Crippen LogP) is 5.13. The highest BCUT2D eigenvalue weighted by atomic mass is 32.1. The molecule has 8 heteroatoms. The highest BCUT2D eigenvalue weighted by Crippen LogP contribution is 2.38. The Hall–Kier alpha value is -3.31. The number of amides is 2. The molecule has 0 unspecified atom stereocenters. The van der Waals surface area contributed by atoms with Gasteiger partial charge in [-0.2, -0.15) is 0 Å². The van der Waals surface area contributed by atoms with Crippen molar-refractivity contribution >= 4 is 46.2 Å². The van der Waals surface area contributed by atoms with Gasteiger partial charge in [0.25, 0.3) is 11.8 Å². The molecule has 1 saturated heterocycles. The van der Waals surface area contributed by atoms with E-state index >= 15 is 0 Å². The van der Waals surface area contributed by atoms with Crippen molar-refractivity contribution in [2.45, 2.75) is 52.6 Å². The molecular formula is C24H25FN4O2S. The standard InChI is InChI=1S/C24H25FN4O2S/c1-14-12-15(9-11-19(14)26-7)28-21(31)24(5,6)29(22(28)32)16-8-10-17(18(25)13-16)20(30)27-23(2,3)4/h8-13H,1-6H3,(H,27,30). The van der Waals surface area contributed by atoms with Gasteiger partial charge >= 0.3 is 0 Å². The molecule has 1 aliphatic rings. The Morgan fingerprint density at radius 2 is 1.78 bits per heavy atom. The number of carbonyl (C=O) groups is 2. The molecule has 0 saturated carbocycles. The first kappa shape index (κ1) is 23.4. The summed E-state index contributed by atoms with van der Waals surface area (Å²) < 4.78 is 14.9. The first-order valence-electron chi connectivity index (χ1n) is 10.1. The molecule has 2 amide bonds. The van der Waals surface area contributed by atoms with Gasteiger partial charge in [0, 0.05) is 16.9 Å². The number of rotatable bonds is 3. The predicted molar refractivity (Wildman–Crippen MR) is 128 cm³/mol. The molecule has 0 radical (unpaired) electrons. The lowest BCUT2D eigenvalue weighted by Gasteiger charge is -2.29.